The summed E-state index contributed by atoms with van der Waals surface area (Å²) in [7, 11) is 3.37. The first-order chi connectivity index (χ1) is 9.52. The monoisotopic (exact) mass is 291 g/mol. The number of carboxylic acid groups (broad SMARTS) is 1. The highest BCUT2D eigenvalue weighted by molar-refractivity contribution is 6.31. The Morgan fingerprint density at radius 3 is 2.65 bits per heavy atom. The molecule has 0 saturated carbocycles. The molecule has 0 saturated heterocycles. The third kappa shape index (κ3) is 2.86. The van der Waals surface area contributed by atoms with E-state index in [9.17, 15) is 9.90 Å². The molecule has 0 fully saturated rings. The van der Waals surface area contributed by atoms with E-state index >= 15 is 0 Å². The van der Waals surface area contributed by atoms with Gasteiger partial charge in [0, 0.05) is 23.8 Å². The molecule has 0 aliphatic heterocycles. The summed E-state index contributed by atoms with van der Waals surface area (Å²) in [5, 5.41) is 9.74. The van der Waals surface area contributed by atoms with E-state index in [2.05, 4.69) is 0 Å². The summed E-state index contributed by atoms with van der Waals surface area (Å²) in [5.41, 5.74) is 1.53. The Hall–Kier alpha value is -2.20. The van der Waals surface area contributed by atoms with Crippen LogP contribution in [0.5, 0.6) is 5.75 Å². The Bertz CT molecular complexity index is 643. The first-order valence-corrected chi connectivity index (χ1v) is 6.31. The van der Waals surface area contributed by atoms with Gasteiger partial charge in [-0.05, 0) is 30.3 Å². The Labute approximate surface area is 122 Å². The number of ether oxygens (including phenoxy) is 1. The number of methoxy groups -OCH3 is 1. The summed E-state index contributed by atoms with van der Waals surface area (Å²) in [6.45, 7) is 0. The quantitative estimate of drug-likeness (QED) is 0.930. The Morgan fingerprint density at radius 1 is 1.25 bits per heavy atom. The molecule has 0 heterocycles. The molecule has 20 heavy (non-hydrogen) atoms. The number of carbonyl (C=O) groups is 1. The Morgan fingerprint density at radius 2 is 2.00 bits per heavy atom. The molecule has 5 heteroatoms. The summed E-state index contributed by atoms with van der Waals surface area (Å²) in [6, 6.07) is 12.1. The first-order valence-electron chi connectivity index (χ1n) is 5.93. The van der Waals surface area contributed by atoms with Gasteiger partial charge >= 0.3 is 5.97 Å². The third-order valence-electron chi connectivity index (χ3n) is 2.99. The van der Waals surface area contributed by atoms with E-state index in [0.29, 0.717) is 16.5 Å². The normalized spacial score (nSPS) is 10.2. The number of anilines is 2. The van der Waals surface area contributed by atoms with Crippen molar-refractivity contribution >= 4 is 28.9 Å². The van der Waals surface area contributed by atoms with Crippen molar-refractivity contribution in [2.75, 3.05) is 19.1 Å². The lowest BCUT2D eigenvalue weighted by atomic mass is 10.1. The second-order valence-electron chi connectivity index (χ2n) is 4.23. The van der Waals surface area contributed by atoms with Crippen LogP contribution in [0.25, 0.3) is 0 Å². The standard InChI is InChI=1S/C15H14ClNO3/c1-17(11-4-3-5-12(9-11)20-2)14-8-10(16)6-7-13(14)15(18)19/h3-9H,1-2H3,(H,18,19). The van der Waals surface area contributed by atoms with Crippen LogP contribution in [-0.2, 0) is 0 Å². The van der Waals surface area contributed by atoms with Crippen LogP contribution in [0.2, 0.25) is 5.02 Å². The summed E-state index contributed by atoms with van der Waals surface area (Å²) in [4.78, 5) is 13.1. The zero-order valence-corrected chi connectivity index (χ0v) is 11.9. The van der Waals surface area contributed by atoms with E-state index < -0.39 is 5.97 Å². The van der Waals surface area contributed by atoms with Gasteiger partial charge in [-0.2, -0.15) is 0 Å². The molecule has 2 aromatic rings. The first kappa shape index (κ1) is 14.2. The molecule has 0 atom stereocenters. The lowest BCUT2D eigenvalue weighted by Gasteiger charge is -2.22. The van der Waals surface area contributed by atoms with Gasteiger partial charge in [-0.3, -0.25) is 0 Å². The minimum Gasteiger partial charge on any atom is -0.497 e. The van der Waals surface area contributed by atoms with E-state index in [1.807, 2.05) is 24.3 Å². The predicted molar refractivity (Wildman–Crippen MR) is 79.5 cm³/mol. The molecule has 0 aliphatic carbocycles. The van der Waals surface area contributed by atoms with Gasteiger partial charge in [-0.25, -0.2) is 4.79 Å². The topological polar surface area (TPSA) is 49.8 Å². The van der Waals surface area contributed by atoms with Gasteiger partial charge in [0.1, 0.15) is 5.75 Å². The van der Waals surface area contributed by atoms with Gasteiger partial charge < -0.3 is 14.7 Å². The minimum atomic E-state index is -0.994. The Kier molecular flexibility index (Phi) is 4.15. The van der Waals surface area contributed by atoms with Crippen LogP contribution in [0.3, 0.4) is 0 Å². The van der Waals surface area contributed by atoms with Crippen molar-refractivity contribution in [3.63, 3.8) is 0 Å². The molecule has 0 spiro atoms. The fraction of sp³-hybridized carbons (Fsp3) is 0.133. The van der Waals surface area contributed by atoms with E-state index in [4.69, 9.17) is 16.3 Å². The summed E-state index contributed by atoms with van der Waals surface area (Å²) in [6.07, 6.45) is 0. The summed E-state index contributed by atoms with van der Waals surface area (Å²) in [5.74, 6) is -0.292. The number of benzene rings is 2. The van der Waals surface area contributed by atoms with Crippen LogP contribution in [0, 0.1) is 0 Å². The molecule has 2 aromatic carbocycles. The van der Waals surface area contributed by atoms with Crippen molar-refractivity contribution in [3.05, 3.63) is 53.1 Å². The number of aromatic carboxylic acids is 1. The third-order valence-corrected chi connectivity index (χ3v) is 3.23. The Balaban J connectivity index is 2.49. The van der Waals surface area contributed by atoms with E-state index in [-0.39, 0.29) is 5.56 Å². The zero-order valence-electron chi connectivity index (χ0n) is 11.1. The smallest absolute Gasteiger partial charge is 0.337 e. The average Bonchev–Trinajstić information content (AvgIpc) is 2.46. The van der Waals surface area contributed by atoms with E-state index in [0.717, 1.165) is 5.69 Å². The number of halogens is 1. The van der Waals surface area contributed by atoms with Crippen molar-refractivity contribution in [2.45, 2.75) is 0 Å². The van der Waals surface area contributed by atoms with Gasteiger partial charge in [0.2, 0.25) is 0 Å². The number of carboxylic acids is 1. The summed E-state index contributed by atoms with van der Waals surface area (Å²) >= 11 is 5.97. The second kappa shape index (κ2) is 5.84. The molecular weight excluding hydrogens is 278 g/mol. The fourth-order valence-electron chi connectivity index (χ4n) is 1.92. The number of nitrogens with zero attached hydrogens (tertiary/aromatic N) is 1. The maximum absolute atomic E-state index is 11.3. The highest BCUT2D eigenvalue weighted by Crippen LogP contribution is 2.31. The molecule has 0 bridgehead atoms. The fourth-order valence-corrected chi connectivity index (χ4v) is 2.09. The molecule has 4 nitrogen and oxygen atoms in total. The van der Waals surface area contributed by atoms with Crippen LogP contribution in [-0.4, -0.2) is 25.2 Å². The lowest BCUT2D eigenvalue weighted by molar-refractivity contribution is 0.0697. The SMILES string of the molecule is COc1cccc(N(C)c2cc(Cl)ccc2C(=O)O)c1. The van der Waals surface area contributed by atoms with Crippen LogP contribution in [0.1, 0.15) is 10.4 Å². The molecule has 0 aromatic heterocycles. The van der Waals surface area contributed by atoms with Gasteiger partial charge in [0.05, 0.1) is 18.4 Å². The highest BCUT2D eigenvalue weighted by Gasteiger charge is 2.15. The molecule has 0 radical (unpaired) electrons. The van der Waals surface area contributed by atoms with Gasteiger partial charge in [0.15, 0.2) is 0 Å². The van der Waals surface area contributed by atoms with Crippen molar-refractivity contribution in [3.8, 4) is 5.75 Å². The largest absolute Gasteiger partial charge is 0.497 e. The number of rotatable bonds is 4. The zero-order chi connectivity index (χ0) is 14.7. The van der Waals surface area contributed by atoms with E-state index in [1.54, 1.807) is 31.2 Å². The maximum Gasteiger partial charge on any atom is 0.337 e. The van der Waals surface area contributed by atoms with Crippen molar-refractivity contribution in [1.82, 2.24) is 0 Å². The molecule has 0 unspecified atom stereocenters. The van der Waals surface area contributed by atoms with Crippen LogP contribution >= 0.6 is 11.6 Å². The second-order valence-corrected chi connectivity index (χ2v) is 4.66. The average molecular weight is 292 g/mol. The lowest BCUT2D eigenvalue weighted by Crippen LogP contribution is -2.14. The molecule has 1 N–H and O–H groups in total. The number of hydrogen-bond acceptors (Lipinski definition) is 3. The van der Waals surface area contributed by atoms with Crippen LogP contribution < -0.4 is 9.64 Å². The van der Waals surface area contributed by atoms with Crippen molar-refractivity contribution in [1.29, 1.82) is 0 Å². The maximum atomic E-state index is 11.3. The van der Waals surface area contributed by atoms with Crippen LogP contribution in [0.15, 0.2) is 42.5 Å². The summed E-state index contributed by atoms with van der Waals surface area (Å²) < 4.78 is 5.17. The molecule has 104 valence electrons. The van der Waals surface area contributed by atoms with Crippen molar-refractivity contribution < 1.29 is 14.6 Å². The highest BCUT2D eigenvalue weighted by atomic mass is 35.5. The van der Waals surface area contributed by atoms with Gasteiger partial charge in [-0.15, -0.1) is 0 Å². The minimum absolute atomic E-state index is 0.194. The molecule has 2 rings (SSSR count). The molecular formula is C15H14ClNO3. The van der Waals surface area contributed by atoms with Crippen LogP contribution in [0.4, 0.5) is 11.4 Å². The van der Waals surface area contributed by atoms with Crippen molar-refractivity contribution in [2.24, 2.45) is 0 Å². The number of hydrogen-bond donors (Lipinski definition) is 1. The molecule has 0 amide bonds. The van der Waals surface area contributed by atoms with Gasteiger partial charge in [0.25, 0.3) is 0 Å². The predicted octanol–water partition coefficient (Wildman–Crippen LogP) is 3.81. The van der Waals surface area contributed by atoms with E-state index in [1.165, 1.54) is 6.07 Å². The molecule has 0 aliphatic rings. The van der Waals surface area contributed by atoms with Gasteiger partial charge in [-0.1, -0.05) is 17.7 Å².